The number of hydrogen-bond acceptors (Lipinski definition) is 6. The highest BCUT2D eigenvalue weighted by Gasteiger charge is 2.16. The number of hydrogen-bond donors (Lipinski definition) is 2. The molecular weight excluding hydrogens is 254 g/mol. The van der Waals surface area contributed by atoms with Gasteiger partial charge in [-0.05, 0) is 36.6 Å². The number of nitrogens with two attached hydrogens (primary N) is 2. The number of aromatic nitrogens is 2. The number of nitrogen functional groups attached to an aromatic ring is 2. The molecule has 6 heteroatoms. The van der Waals surface area contributed by atoms with Crippen LogP contribution in [0.5, 0.6) is 5.75 Å². The lowest BCUT2D eigenvalue weighted by atomic mass is 10.00. The van der Waals surface area contributed by atoms with Gasteiger partial charge in [0.25, 0.3) is 0 Å². The number of aryl methyl sites for hydroxylation is 1. The predicted octanol–water partition coefficient (Wildman–Crippen LogP) is 1.50. The molecular formula is C14H13N5O. The fraction of sp³-hybridized carbons (Fsp3) is 0.214. The molecule has 1 aromatic heterocycles. The summed E-state index contributed by atoms with van der Waals surface area (Å²) < 4.78 is 5.57. The van der Waals surface area contributed by atoms with Gasteiger partial charge in [-0.3, -0.25) is 0 Å². The Bertz CT molecular complexity index is 720. The van der Waals surface area contributed by atoms with Crippen molar-refractivity contribution in [1.82, 2.24) is 9.97 Å². The van der Waals surface area contributed by atoms with Crippen LogP contribution >= 0.6 is 0 Å². The van der Waals surface area contributed by atoms with Gasteiger partial charge in [0.05, 0.1) is 12.3 Å². The number of benzene rings is 1. The predicted molar refractivity (Wildman–Crippen MR) is 74.8 cm³/mol. The van der Waals surface area contributed by atoms with Crippen molar-refractivity contribution in [3.05, 3.63) is 29.3 Å². The summed E-state index contributed by atoms with van der Waals surface area (Å²) in [5.74, 6) is 1.04. The third kappa shape index (κ3) is 1.99. The fourth-order valence-electron chi connectivity index (χ4n) is 2.32. The molecule has 0 aliphatic carbocycles. The Morgan fingerprint density at radius 2 is 2.10 bits per heavy atom. The third-order valence-corrected chi connectivity index (χ3v) is 3.25. The van der Waals surface area contributed by atoms with Crippen LogP contribution in [0.15, 0.2) is 18.2 Å². The molecule has 3 rings (SSSR count). The first kappa shape index (κ1) is 12.2. The molecule has 0 radical (unpaired) electrons. The number of rotatable bonds is 1. The zero-order valence-electron chi connectivity index (χ0n) is 10.8. The van der Waals surface area contributed by atoms with Crippen molar-refractivity contribution in [2.24, 2.45) is 0 Å². The van der Waals surface area contributed by atoms with E-state index < -0.39 is 0 Å². The monoisotopic (exact) mass is 267 g/mol. The van der Waals surface area contributed by atoms with Crippen LogP contribution in [0.2, 0.25) is 0 Å². The summed E-state index contributed by atoms with van der Waals surface area (Å²) in [6, 6.07) is 7.74. The molecule has 2 heterocycles. The molecule has 0 spiro atoms. The largest absolute Gasteiger partial charge is 0.493 e. The smallest absolute Gasteiger partial charge is 0.222 e. The molecule has 1 aliphatic heterocycles. The summed E-state index contributed by atoms with van der Waals surface area (Å²) in [4.78, 5) is 7.96. The first-order valence-corrected chi connectivity index (χ1v) is 6.28. The molecule has 100 valence electrons. The van der Waals surface area contributed by atoms with Crippen molar-refractivity contribution in [3.63, 3.8) is 0 Å². The van der Waals surface area contributed by atoms with Crippen LogP contribution in [0.1, 0.15) is 17.5 Å². The van der Waals surface area contributed by atoms with Gasteiger partial charge >= 0.3 is 0 Å². The molecule has 0 saturated carbocycles. The minimum Gasteiger partial charge on any atom is -0.493 e. The first-order chi connectivity index (χ1) is 9.69. The second-order valence-electron chi connectivity index (χ2n) is 4.58. The molecule has 1 aromatic carbocycles. The summed E-state index contributed by atoms with van der Waals surface area (Å²) in [7, 11) is 0. The maximum Gasteiger partial charge on any atom is 0.222 e. The van der Waals surface area contributed by atoms with Crippen molar-refractivity contribution in [2.45, 2.75) is 12.8 Å². The van der Waals surface area contributed by atoms with Gasteiger partial charge in [0.15, 0.2) is 0 Å². The molecule has 0 atom stereocenters. The molecule has 0 amide bonds. The maximum atomic E-state index is 9.21. The summed E-state index contributed by atoms with van der Waals surface area (Å²) in [5, 5.41) is 9.21. The fourth-order valence-corrected chi connectivity index (χ4v) is 2.32. The van der Waals surface area contributed by atoms with Crippen LogP contribution < -0.4 is 16.2 Å². The number of nitrogens with zero attached hydrogens (tertiary/aromatic N) is 3. The summed E-state index contributed by atoms with van der Waals surface area (Å²) >= 11 is 0. The zero-order chi connectivity index (χ0) is 14.1. The maximum absolute atomic E-state index is 9.21. The van der Waals surface area contributed by atoms with Crippen molar-refractivity contribution in [2.75, 3.05) is 18.1 Å². The van der Waals surface area contributed by atoms with E-state index in [9.17, 15) is 5.26 Å². The van der Waals surface area contributed by atoms with Gasteiger partial charge in [0.1, 0.15) is 23.2 Å². The third-order valence-electron chi connectivity index (χ3n) is 3.25. The van der Waals surface area contributed by atoms with E-state index in [-0.39, 0.29) is 17.3 Å². The zero-order valence-corrected chi connectivity index (χ0v) is 10.8. The van der Waals surface area contributed by atoms with E-state index in [0.717, 1.165) is 36.3 Å². The van der Waals surface area contributed by atoms with Crippen LogP contribution in [0.4, 0.5) is 11.8 Å². The molecule has 0 unspecified atom stereocenters. The van der Waals surface area contributed by atoms with Gasteiger partial charge in [-0.25, -0.2) is 4.98 Å². The van der Waals surface area contributed by atoms with Crippen LogP contribution in [0.3, 0.4) is 0 Å². The number of anilines is 2. The second kappa shape index (κ2) is 4.70. The number of nitriles is 1. The highest BCUT2D eigenvalue weighted by molar-refractivity contribution is 5.74. The highest BCUT2D eigenvalue weighted by atomic mass is 16.5. The lowest BCUT2D eigenvalue weighted by Crippen LogP contribution is -2.09. The molecule has 0 bridgehead atoms. The Morgan fingerprint density at radius 1 is 1.25 bits per heavy atom. The minimum absolute atomic E-state index is 0.0606. The van der Waals surface area contributed by atoms with Crippen LogP contribution in [0.25, 0.3) is 11.3 Å². The average molecular weight is 267 g/mol. The van der Waals surface area contributed by atoms with E-state index >= 15 is 0 Å². The molecule has 6 nitrogen and oxygen atoms in total. The van der Waals surface area contributed by atoms with Crippen LogP contribution in [0, 0.1) is 11.3 Å². The lowest BCUT2D eigenvalue weighted by molar-refractivity contribution is 0.288. The Labute approximate surface area is 116 Å². The van der Waals surface area contributed by atoms with E-state index in [4.69, 9.17) is 16.2 Å². The Hall–Kier alpha value is -2.81. The quantitative estimate of drug-likeness (QED) is 0.810. The molecule has 4 N–H and O–H groups in total. The first-order valence-electron chi connectivity index (χ1n) is 6.28. The molecule has 2 aromatic rings. The molecule has 1 aliphatic rings. The van der Waals surface area contributed by atoms with E-state index in [0.29, 0.717) is 5.69 Å². The van der Waals surface area contributed by atoms with Crippen LogP contribution in [-0.2, 0) is 6.42 Å². The standard InChI is InChI=1S/C14H13N5O/c15-7-10-12(18-14(17)19-13(10)16)9-3-4-11-8(6-9)2-1-5-20-11/h3-4,6H,1-2,5H2,(H4,16,17,18,19). The number of fused-ring (bicyclic) bond motifs is 1. The average Bonchev–Trinajstić information content (AvgIpc) is 2.46. The van der Waals surface area contributed by atoms with E-state index in [2.05, 4.69) is 9.97 Å². The van der Waals surface area contributed by atoms with Gasteiger partial charge in [-0.2, -0.15) is 10.2 Å². The molecule has 0 fully saturated rings. The summed E-state index contributed by atoms with van der Waals surface area (Å²) in [6.45, 7) is 0.739. The van der Waals surface area contributed by atoms with Gasteiger partial charge in [-0.15, -0.1) is 0 Å². The van der Waals surface area contributed by atoms with Gasteiger partial charge in [0, 0.05) is 5.56 Å². The van der Waals surface area contributed by atoms with Crippen molar-refractivity contribution in [3.8, 4) is 23.1 Å². The number of ether oxygens (including phenoxy) is 1. The van der Waals surface area contributed by atoms with Crippen molar-refractivity contribution in [1.29, 1.82) is 5.26 Å². The Kier molecular flexibility index (Phi) is 2.88. The summed E-state index contributed by atoms with van der Waals surface area (Å²) in [5.41, 5.74) is 14.0. The van der Waals surface area contributed by atoms with Crippen molar-refractivity contribution >= 4 is 11.8 Å². The van der Waals surface area contributed by atoms with E-state index in [1.807, 2.05) is 24.3 Å². The second-order valence-corrected chi connectivity index (χ2v) is 4.58. The summed E-state index contributed by atoms with van der Waals surface area (Å²) in [6.07, 6.45) is 1.93. The Balaban J connectivity index is 2.16. The van der Waals surface area contributed by atoms with E-state index in [1.165, 1.54) is 0 Å². The van der Waals surface area contributed by atoms with Crippen LogP contribution in [-0.4, -0.2) is 16.6 Å². The Morgan fingerprint density at radius 3 is 2.90 bits per heavy atom. The molecule has 20 heavy (non-hydrogen) atoms. The lowest BCUT2D eigenvalue weighted by Gasteiger charge is -2.18. The molecule has 0 saturated heterocycles. The topological polar surface area (TPSA) is 111 Å². The van der Waals surface area contributed by atoms with Gasteiger partial charge in [-0.1, -0.05) is 0 Å². The normalized spacial score (nSPS) is 13.2. The van der Waals surface area contributed by atoms with Gasteiger partial charge < -0.3 is 16.2 Å². The highest BCUT2D eigenvalue weighted by Crippen LogP contribution is 2.31. The SMILES string of the molecule is N#Cc1c(N)nc(N)nc1-c1ccc2c(c1)CCCO2. The minimum atomic E-state index is 0.0606. The van der Waals surface area contributed by atoms with E-state index in [1.54, 1.807) is 0 Å². The van der Waals surface area contributed by atoms with Crippen molar-refractivity contribution < 1.29 is 4.74 Å². The van der Waals surface area contributed by atoms with Gasteiger partial charge in [0.2, 0.25) is 5.95 Å².